The van der Waals surface area contributed by atoms with Gasteiger partial charge in [0, 0.05) is 20.7 Å². The molecule has 0 aliphatic carbocycles. The van der Waals surface area contributed by atoms with Gasteiger partial charge in [-0.2, -0.15) is 0 Å². The molecular weight excluding hydrogens is 360 g/mol. The van der Waals surface area contributed by atoms with E-state index in [9.17, 15) is 9.59 Å². The van der Waals surface area contributed by atoms with Gasteiger partial charge in [-0.3, -0.25) is 4.79 Å². The van der Waals surface area contributed by atoms with Crippen molar-refractivity contribution in [2.45, 2.75) is 47.1 Å². The molecular formula is C21H30N2O5. The second-order valence-corrected chi connectivity index (χ2v) is 7.64. The summed E-state index contributed by atoms with van der Waals surface area (Å²) in [6.45, 7) is 11.7. The van der Waals surface area contributed by atoms with E-state index in [1.807, 2.05) is 39.8 Å². The standard InChI is InChI=1S/C21H30N2O5/c1-9-26-12-27-23-19(24)17(16-14(3)10-13(2)11-15(16)4)18(21(23,5)6)28-20(25)22(7)8/h10-11H,9,12H2,1-8H3. The minimum atomic E-state index is -0.987. The third-order valence-corrected chi connectivity index (χ3v) is 4.64. The topological polar surface area (TPSA) is 68.3 Å². The van der Waals surface area contributed by atoms with Crippen LogP contribution in [-0.2, 0) is 19.1 Å². The van der Waals surface area contributed by atoms with E-state index in [1.54, 1.807) is 27.9 Å². The first-order valence-corrected chi connectivity index (χ1v) is 9.29. The predicted molar refractivity (Wildman–Crippen MR) is 106 cm³/mol. The first kappa shape index (κ1) is 21.9. The van der Waals surface area contributed by atoms with E-state index in [1.165, 1.54) is 9.96 Å². The van der Waals surface area contributed by atoms with Gasteiger partial charge in [0.05, 0.1) is 5.57 Å². The van der Waals surface area contributed by atoms with Gasteiger partial charge >= 0.3 is 6.09 Å². The van der Waals surface area contributed by atoms with Gasteiger partial charge in [0.1, 0.15) is 5.54 Å². The Balaban J connectivity index is 2.63. The highest BCUT2D eigenvalue weighted by Crippen LogP contribution is 2.43. The largest absolute Gasteiger partial charge is 0.414 e. The van der Waals surface area contributed by atoms with Gasteiger partial charge in [-0.25, -0.2) is 14.7 Å². The molecule has 1 aliphatic rings. The van der Waals surface area contributed by atoms with E-state index >= 15 is 0 Å². The quantitative estimate of drug-likeness (QED) is 0.549. The van der Waals surface area contributed by atoms with Gasteiger partial charge < -0.3 is 14.4 Å². The zero-order valence-electron chi connectivity index (χ0n) is 18.0. The number of ether oxygens (including phenoxy) is 2. The molecule has 1 aliphatic heterocycles. The first-order chi connectivity index (χ1) is 13.0. The van der Waals surface area contributed by atoms with Crippen molar-refractivity contribution in [1.29, 1.82) is 0 Å². The molecule has 1 aromatic rings. The van der Waals surface area contributed by atoms with Crippen LogP contribution >= 0.6 is 0 Å². The molecule has 7 heteroatoms. The van der Waals surface area contributed by atoms with Crippen molar-refractivity contribution < 1.29 is 23.9 Å². The number of nitrogens with zero attached hydrogens (tertiary/aromatic N) is 2. The lowest BCUT2D eigenvalue weighted by molar-refractivity contribution is -0.242. The highest BCUT2D eigenvalue weighted by atomic mass is 16.8. The number of rotatable bonds is 6. The van der Waals surface area contributed by atoms with Crippen LogP contribution in [0.4, 0.5) is 4.79 Å². The molecule has 0 aromatic heterocycles. The van der Waals surface area contributed by atoms with Crippen molar-refractivity contribution >= 4 is 17.6 Å². The molecule has 1 heterocycles. The molecule has 0 spiro atoms. The maximum Gasteiger partial charge on any atom is 0.414 e. The van der Waals surface area contributed by atoms with Crippen molar-refractivity contribution in [2.24, 2.45) is 0 Å². The Kier molecular flexibility index (Phi) is 6.52. The molecule has 0 radical (unpaired) electrons. The van der Waals surface area contributed by atoms with E-state index in [4.69, 9.17) is 14.3 Å². The molecule has 0 saturated carbocycles. The average molecular weight is 390 g/mol. The zero-order valence-corrected chi connectivity index (χ0v) is 18.0. The Bertz CT molecular complexity index is 788. The van der Waals surface area contributed by atoms with Gasteiger partial charge in [0.2, 0.25) is 0 Å². The lowest BCUT2D eigenvalue weighted by Gasteiger charge is -2.31. The molecule has 2 rings (SSSR count). The minimum Gasteiger partial charge on any atom is -0.411 e. The summed E-state index contributed by atoms with van der Waals surface area (Å²) in [5, 5.41) is 1.23. The van der Waals surface area contributed by atoms with Crippen molar-refractivity contribution in [1.82, 2.24) is 9.96 Å². The first-order valence-electron chi connectivity index (χ1n) is 9.29. The highest BCUT2D eigenvalue weighted by molar-refractivity contribution is 6.23. The predicted octanol–water partition coefficient (Wildman–Crippen LogP) is 3.57. The highest BCUT2D eigenvalue weighted by Gasteiger charge is 2.50. The Hall–Kier alpha value is -2.38. The van der Waals surface area contributed by atoms with Crippen LogP contribution in [0, 0.1) is 20.8 Å². The van der Waals surface area contributed by atoms with Crippen molar-refractivity contribution in [3.8, 4) is 0 Å². The van der Waals surface area contributed by atoms with E-state index in [0.717, 1.165) is 22.3 Å². The van der Waals surface area contributed by atoms with E-state index in [-0.39, 0.29) is 18.5 Å². The Labute approximate surface area is 166 Å². The number of amides is 2. The van der Waals surface area contributed by atoms with Crippen LogP contribution in [-0.4, -0.2) is 55.0 Å². The van der Waals surface area contributed by atoms with Gasteiger partial charge in [0.25, 0.3) is 5.91 Å². The normalized spacial score (nSPS) is 16.0. The fourth-order valence-corrected chi connectivity index (χ4v) is 3.39. The Morgan fingerprint density at radius 1 is 1.14 bits per heavy atom. The second-order valence-electron chi connectivity index (χ2n) is 7.64. The SMILES string of the molecule is CCOCON1C(=O)C(c2c(C)cc(C)cc2C)=C(OC(=O)N(C)C)C1(C)C. The van der Waals surface area contributed by atoms with E-state index in [0.29, 0.717) is 12.2 Å². The van der Waals surface area contributed by atoms with Crippen LogP contribution in [0.5, 0.6) is 0 Å². The van der Waals surface area contributed by atoms with Crippen LogP contribution in [0.15, 0.2) is 17.9 Å². The Morgan fingerprint density at radius 2 is 1.71 bits per heavy atom. The Morgan fingerprint density at radius 3 is 2.21 bits per heavy atom. The van der Waals surface area contributed by atoms with Crippen molar-refractivity contribution in [2.75, 3.05) is 27.5 Å². The number of aryl methyl sites for hydroxylation is 3. The average Bonchev–Trinajstić information content (AvgIpc) is 2.75. The fourth-order valence-electron chi connectivity index (χ4n) is 3.39. The number of carbonyl (C=O) groups is 2. The summed E-state index contributed by atoms with van der Waals surface area (Å²) in [7, 11) is 3.19. The summed E-state index contributed by atoms with van der Waals surface area (Å²) in [5.41, 5.74) is 3.07. The van der Waals surface area contributed by atoms with Crippen molar-refractivity contribution in [3.63, 3.8) is 0 Å². The number of hydrogen-bond donors (Lipinski definition) is 0. The molecule has 154 valence electrons. The lowest BCUT2D eigenvalue weighted by atomic mass is 9.91. The third-order valence-electron chi connectivity index (χ3n) is 4.64. The van der Waals surface area contributed by atoms with Crippen LogP contribution in [0.3, 0.4) is 0 Å². The number of carbonyl (C=O) groups excluding carboxylic acids is 2. The summed E-state index contributed by atoms with van der Waals surface area (Å²) >= 11 is 0. The molecule has 0 bridgehead atoms. The minimum absolute atomic E-state index is 0.0697. The van der Waals surface area contributed by atoms with Crippen LogP contribution in [0.1, 0.15) is 43.0 Å². The zero-order chi connectivity index (χ0) is 21.2. The van der Waals surface area contributed by atoms with E-state index < -0.39 is 11.6 Å². The van der Waals surface area contributed by atoms with Gasteiger partial charge in [-0.15, -0.1) is 0 Å². The number of benzene rings is 1. The monoisotopic (exact) mass is 390 g/mol. The molecule has 0 fully saturated rings. The second kappa shape index (κ2) is 8.32. The van der Waals surface area contributed by atoms with Crippen LogP contribution in [0.2, 0.25) is 0 Å². The van der Waals surface area contributed by atoms with Crippen LogP contribution in [0.25, 0.3) is 5.57 Å². The molecule has 0 atom stereocenters. The molecule has 2 amide bonds. The molecule has 0 unspecified atom stereocenters. The fraction of sp³-hybridized carbons (Fsp3) is 0.524. The summed E-state index contributed by atoms with van der Waals surface area (Å²) in [6.07, 6.45) is -0.553. The molecule has 1 aromatic carbocycles. The van der Waals surface area contributed by atoms with Gasteiger partial charge in [0.15, 0.2) is 12.6 Å². The summed E-state index contributed by atoms with van der Waals surface area (Å²) < 4.78 is 10.9. The summed E-state index contributed by atoms with van der Waals surface area (Å²) in [6, 6.07) is 4.01. The summed E-state index contributed by atoms with van der Waals surface area (Å²) in [5.74, 6) is -0.0935. The lowest BCUT2D eigenvalue weighted by Crippen LogP contribution is -2.45. The van der Waals surface area contributed by atoms with Gasteiger partial charge in [-0.1, -0.05) is 17.7 Å². The molecule has 28 heavy (non-hydrogen) atoms. The molecule has 7 nitrogen and oxygen atoms in total. The number of hydroxylamine groups is 2. The van der Waals surface area contributed by atoms with Crippen molar-refractivity contribution in [3.05, 3.63) is 40.1 Å². The van der Waals surface area contributed by atoms with E-state index in [2.05, 4.69) is 0 Å². The maximum absolute atomic E-state index is 13.3. The van der Waals surface area contributed by atoms with Gasteiger partial charge in [-0.05, 0) is 58.2 Å². The molecule has 0 saturated heterocycles. The summed E-state index contributed by atoms with van der Waals surface area (Å²) in [4.78, 5) is 32.6. The third kappa shape index (κ3) is 4.05. The smallest absolute Gasteiger partial charge is 0.411 e. The molecule has 0 N–H and O–H groups in total. The van der Waals surface area contributed by atoms with Crippen LogP contribution < -0.4 is 0 Å². The maximum atomic E-state index is 13.3. The number of hydrogen-bond acceptors (Lipinski definition) is 5.